The van der Waals surface area contributed by atoms with Gasteiger partial charge in [0.05, 0.1) is 0 Å². The van der Waals surface area contributed by atoms with E-state index in [0.717, 1.165) is 0 Å². The minimum atomic E-state index is -2.28. The maximum atomic E-state index is 6.95. The molecule has 1 nitrogen and oxygen atoms in total. The van der Waals surface area contributed by atoms with E-state index in [9.17, 15) is 0 Å². The van der Waals surface area contributed by atoms with Gasteiger partial charge >= 0.3 is 0 Å². The highest BCUT2D eigenvalue weighted by Gasteiger charge is 2.51. The van der Waals surface area contributed by atoms with E-state index in [0.29, 0.717) is 6.10 Å². The maximum absolute atomic E-state index is 6.95. The van der Waals surface area contributed by atoms with Gasteiger partial charge in [0.2, 0.25) is 0 Å². The SMILES string of the molecule is CC(C)(C)[Si](OC1CCC1)(c1ccccc1)c1ccccc1. The third kappa shape index (κ3) is 2.66. The summed E-state index contributed by atoms with van der Waals surface area (Å²) in [7, 11) is -2.28. The number of benzene rings is 2. The zero-order chi connectivity index (χ0) is 15.6. The zero-order valence-electron chi connectivity index (χ0n) is 13.9. The van der Waals surface area contributed by atoms with Crippen LogP contribution in [0.3, 0.4) is 0 Å². The Kier molecular flexibility index (Phi) is 4.24. The molecule has 3 rings (SSSR count). The molecule has 0 amide bonds. The third-order valence-electron chi connectivity index (χ3n) is 4.81. The Labute approximate surface area is 135 Å². The van der Waals surface area contributed by atoms with E-state index >= 15 is 0 Å². The summed E-state index contributed by atoms with van der Waals surface area (Å²) in [6.07, 6.45) is 4.17. The van der Waals surface area contributed by atoms with Crippen LogP contribution in [-0.4, -0.2) is 14.4 Å². The standard InChI is InChI=1S/C20H26OSi/c1-20(2,3)22(21-17-11-10-12-17,18-13-6-4-7-14-18)19-15-8-5-9-16-19/h4-9,13-17H,10-12H2,1-3H3. The maximum Gasteiger partial charge on any atom is 0.261 e. The van der Waals surface area contributed by atoms with Crippen molar-refractivity contribution in [2.75, 3.05) is 0 Å². The molecule has 0 heterocycles. The van der Waals surface area contributed by atoms with E-state index < -0.39 is 8.32 Å². The van der Waals surface area contributed by atoms with Gasteiger partial charge < -0.3 is 4.43 Å². The molecule has 1 saturated carbocycles. The van der Waals surface area contributed by atoms with E-state index in [-0.39, 0.29) is 5.04 Å². The molecule has 0 spiro atoms. The second-order valence-electron chi connectivity index (χ2n) is 7.33. The summed E-state index contributed by atoms with van der Waals surface area (Å²) in [6.45, 7) is 7.04. The summed E-state index contributed by atoms with van der Waals surface area (Å²) in [4.78, 5) is 0. The molecule has 2 heteroatoms. The smallest absolute Gasteiger partial charge is 0.261 e. The Morgan fingerprint density at radius 2 is 1.27 bits per heavy atom. The second-order valence-corrected chi connectivity index (χ2v) is 11.6. The molecule has 0 aromatic heterocycles. The van der Waals surface area contributed by atoms with E-state index in [4.69, 9.17) is 4.43 Å². The molecule has 0 saturated heterocycles. The van der Waals surface area contributed by atoms with Crippen molar-refractivity contribution in [2.24, 2.45) is 0 Å². The van der Waals surface area contributed by atoms with Gasteiger partial charge in [0.25, 0.3) is 8.32 Å². The highest BCUT2D eigenvalue weighted by Crippen LogP contribution is 2.39. The van der Waals surface area contributed by atoms with Crippen molar-refractivity contribution in [3.63, 3.8) is 0 Å². The minimum absolute atomic E-state index is 0.102. The molecule has 1 fully saturated rings. The van der Waals surface area contributed by atoms with Gasteiger partial charge in [-0.25, -0.2) is 0 Å². The van der Waals surface area contributed by atoms with Gasteiger partial charge in [-0.05, 0) is 34.7 Å². The summed E-state index contributed by atoms with van der Waals surface area (Å²) in [6, 6.07) is 21.9. The molecule has 116 valence electrons. The van der Waals surface area contributed by atoms with Gasteiger partial charge in [0, 0.05) is 6.10 Å². The fraction of sp³-hybridized carbons (Fsp3) is 0.400. The Morgan fingerprint density at radius 3 is 1.59 bits per heavy atom. The summed E-state index contributed by atoms with van der Waals surface area (Å²) < 4.78 is 6.95. The molecule has 2 aromatic rings. The summed E-state index contributed by atoms with van der Waals surface area (Å²) in [5.41, 5.74) is 0. The van der Waals surface area contributed by atoms with E-state index in [1.165, 1.54) is 29.6 Å². The predicted octanol–water partition coefficient (Wildman–Crippen LogP) is 4.12. The van der Waals surface area contributed by atoms with Crippen molar-refractivity contribution in [1.29, 1.82) is 0 Å². The van der Waals surface area contributed by atoms with Crippen LogP contribution in [0.5, 0.6) is 0 Å². The van der Waals surface area contributed by atoms with Gasteiger partial charge in [0.1, 0.15) is 0 Å². The number of rotatable bonds is 4. The van der Waals surface area contributed by atoms with Crippen LogP contribution >= 0.6 is 0 Å². The Hall–Kier alpha value is -1.38. The highest BCUT2D eigenvalue weighted by atomic mass is 28.4. The van der Waals surface area contributed by atoms with E-state index in [1.54, 1.807) is 0 Å². The van der Waals surface area contributed by atoms with E-state index in [2.05, 4.69) is 81.4 Å². The van der Waals surface area contributed by atoms with Crippen molar-refractivity contribution in [2.45, 2.75) is 51.2 Å². The molecule has 0 unspecified atom stereocenters. The van der Waals surface area contributed by atoms with Crippen LogP contribution < -0.4 is 10.4 Å². The number of hydrogen-bond donors (Lipinski definition) is 0. The quantitative estimate of drug-likeness (QED) is 0.772. The van der Waals surface area contributed by atoms with Crippen LogP contribution in [0.1, 0.15) is 40.0 Å². The highest BCUT2D eigenvalue weighted by molar-refractivity contribution is 6.99. The van der Waals surface area contributed by atoms with Crippen LogP contribution in [0.15, 0.2) is 60.7 Å². The van der Waals surface area contributed by atoms with Crippen molar-refractivity contribution >= 4 is 18.7 Å². The van der Waals surface area contributed by atoms with Gasteiger partial charge in [0.15, 0.2) is 0 Å². The van der Waals surface area contributed by atoms with Crippen LogP contribution in [0.4, 0.5) is 0 Å². The molecule has 0 atom stereocenters. The lowest BCUT2D eigenvalue weighted by molar-refractivity contribution is 0.109. The second kappa shape index (κ2) is 6.02. The molecule has 1 aliphatic carbocycles. The van der Waals surface area contributed by atoms with Crippen molar-refractivity contribution < 1.29 is 4.43 Å². The summed E-state index contributed by atoms with van der Waals surface area (Å²) >= 11 is 0. The fourth-order valence-electron chi connectivity index (χ4n) is 3.43. The van der Waals surface area contributed by atoms with Gasteiger partial charge in [-0.1, -0.05) is 81.4 Å². The summed E-state index contributed by atoms with van der Waals surface area (Å²) in [5, 5.41) is 2.88. The predicted molar refractivity (Wildman–Crippen MR) is 96.3 cm³/mol. The van der Waals surface area contributed by atoms with Gasteiger partial charge in [-0.15, -0.1) is 0 Å². The van der Waals surface area contributed by atoms with Crippen molar-refractivity contribution in [1.82, 2.24) is 0 Å². The lowest BCUT2D eigenvalue weighted by Crippen LogP contribution is -2.68. The molecule has 22 heavy (non-hydrogen) atoms. The lowest BCUT2D eigenvalue weighted by Gasteiger charge is -2.47. The van der Waals surface area contributed by atoms with Crippen molar-refractivity contribution in [3.05, 3.63) is 60.7 Å². The van der Waals surface area contributed by atoms with Crippen LogP contribution in [0, 0.1) is 0 Å². The van der Waals surface area contributed by atoms with Gasteiger partial charge in [-0.3, -0.25) is 0 Å². The third-order valence-corrected chi connectivity index (χ3v) is 9.90. The first-order valence-electron chi connectivity index (χ1n) is 8.33. The molecule has 0 radical (unpaired) electrons. The molecule has 2 aromatic carbocycles. The first-order valence-corrected chi connectivity index (χ1v) is 10.2. The minimum Gasteiger partial charge on any atom is -0.404 e. The molecular formula is C20H26OSi. The van der Waals surface area contributed by atoms with Crippen LogP contribution in [-0.2, 0) is 4.43 Å². The largest absolute Gasteiger partial charge is 0.404 e. The first kappa shape index (κ1) is 15.5. The molecule has 0 bridgehead atoms. The average molecular weight is 311 g/mol. The Balaban J connectivity index is 2.17. The average Bonchev–Trinajstić information content (AvgIpc) is 2.47. The van der Waals surface area contributed by atoms with Gasteiger partial charge in [-0.2, -0.15) is 0 Å². The Morgan fingerprint density at radius 1 is 0.818 bits per heavy atom. The normalized spacial score (nSPS) is 16.3. The lowest BCUT2D eigenvalue weighted by atomic mass is 9.97. The van der Waals surface area contributed by atoms with Crippen molar-refractivity contribution in [3.8, 4) is 0 Å². The molecule has 0 N–H and O–H groups in total. The molecule has 0 aliphatic heterocycles. The summed E-state index contributed by atoms with van der Waals surface area (Å²) in [5.74, 6) is 0. The fourth-order valence-corrected chi connectivity index (χ4v) is 8.18. The number of hydrogen-bond acceptors (Lipinski definition) is 1. The molecule has 1 aliphatic rings. The topological polar surface area (TPSA) is 9.23 Å². The van der Waals surface area contributed by atoms with E-state index in [1.807, 2.05) is 0 Å². The Bertz CT molecular complexity index is 557. The molecular weight excluding hydrogens is 284 g/mol. The zero-order valence-corrected chi connectivity index (χ0v) is 14.9. The van der Waals surface area contributed by atoms with Crippen LogP contribution in [0.2, 0.25) is 5.04 Å². The van der Waals surface area contributed by atoms with Crippen LogP contribution in [0.25, 0.3) is 0 Å². The monoisotopic (exact) mass is 310 g/mol. The first-order chi connectivity index (χ1) is 10.5.